The number of carbonyl (C=O) groups is 1. The molecule has 84 valence electrons. The van der Waals surface area contributed by atoms with Gasteiger partial charge in [-0.15, -0.1) is 0 Å². The van der Waals surface area contributed by atoms with Crippen molar-refractivity contribution < 1.29 is 4.79 Å². The lowest BCUT2D eigenvalue weighted by molar-refractivity contribution is -0.120. The molecule has 1 saturated carbocycles. The Balaban J connectivity index is 1.92. The maximum absolute atomic E-state index is 12.2. The van der Waals surface area contributed by atoms with Crippen LogP contribution in [0.1, 0.15) is 51.4 Å². The molecule has 0 aromatic carbocycles. The summed E-state index contributed by atoms with van der Waals surface area (Å²) in [6.45, 7) is 0. The van der Waals surface area contributed by atoms with Crippen LogP contribution in [-0.2, 0) is 4.79 Å². The molecule has 0 aliphatic heterocycles. The molecule has 0 heterocycles. The van der Waals surface area contributed by atoms with E-state index in [0.717, 1.165) is 44.1 Å². The first-order valence-corrected chi connectivity index (χ1v) is 6.26. The largest absolute Gasteiger partial charge is 0.328 e. The van der Waals surface area contributed by atoms with Crippen molar-refractivity contribution in [3.63, 3.8) is 0 Å². The molecule has 2 nitrogen and oxygen atoms in total. The Bertz CT molecular complexity index is 262. The van der Waals surface area contributed by atoms with E-state index in [1.165, 1.54) is 12.8 Å². The highest BCUT2D eigenvalue weighted by molar-refractivity contribution is 5.97. The Morgan fingerprint density at radius 2 is 1.93 bits per heavy atom. The Hall–Kier alpha value is -0.630. The van der Waals surface area contributed by atoms with Gasteiger partial charge in [-0.3, -0.25) is 4.79 Å². The first-order valence-electron chi connectivity index (χ1n) is 6.26. The summed E-state index contributed by atoms with van der Waals surface area (Å²) < 4.78 is 0. The molecule has 2 heteroatoms. The molecule has 1 fully saturated rings. The van der Waals surface area contributed by atoms with Crippen LogP contribution in [0.5, 0.6) is 0 Å². The van der Waals surface area contributed by atoms with E-state index in [9.17, 15) is 4.79 Å². The van der Waals surface area contributed by atoms with Crippen molar-refractivity contribution in [2.24, 2.45) is 11.7 Å². The Morgan fingerprint density at radius 3 is 2.53 bits per heavy atom. The third kappa shape index (κ3) is 2.69. The summed E-state index contributed by atoms with van der Waals surface area (Å²) in [6.07, 6.45) is 10.8. The van der Waals surface area contributed by atoms with Gasteiger partial charge in [0.25, 0.3) is 0 Å². The highest BCUT2D eigenvalue weighted by Crippen LogP contribution is 2.29. The minimum atomic E-state index is 0.286. The van der Waals surface area contributed by atoms with Crippen molar-refractivity contribution >= 4 is 5.78 Å². The van der Waals surface area contributed by atoms with Gasteiger partial charge >= 0.3 is 0 Å². The molecular weight excluding hydrogens is 186 g/mol. The SMILES string of the molecule is NC1CCC(C(=O)C2=CCCCC2)CC1. The quantitative estimate of drug-likeness (QED) is 0.756. The van der Waals surface area contributed by atoms with Crippen molar-refractivity contribution in [1.29, 1.82) is 0 Å². The molecule has 0 atom stereocenters. The lowest BCUT2D eigenvalue weighted by atomic mass is 9.80. The summed E-state index contributed by atoms with van der Waals surface area (Å²) in [4.78, 5) is 12.2. The van der Waals surface area contributed by atoms with Crippen molar-refractivity contribution in [3.8, 4) is 0 Å². The summed E-state index contributed by atoms with van der Waals surface area (Å²) in [5.74, 6) is 0.718. The fourth-order valence-corrected chi connectivity index (χ4v) is 2.71. The standard InChI is InChI=1S/C13H21NO/c14-12-8-6-11(7-9-12)13(15)10-4-2-1-3-5-10/h4,11-12H,1-3,5-9,14H2. The Morgan fingerprint density at radius 1 is 1.20 bits per heavy atom. The molecular formula is C13H21NO. The topological polar surface area (TPSA) is 43.1 Å². The van der Waals surface area contributed by atoms with Gasteiger partial charge in [0.1, 0.15) is 0 Å². The van der Waals surface area contributed by atoms with E-state index in [0.29, 0.717) is 11.8 Å². The maximum Gasteiger partial charge on any atom is 0.161 e. The maximum atomic E-state index is 12.2. The average Bonchev–Trinajstić information content (AvgIpc) is 2.30. The van der Waals surface area contributed by atoms with Gasteiger partial charge in [-0.1, -0.05) is 6.08 Å². The number of nitrogens with two attached hydrogens (primary N) is 1. The van der Waals surface area contributed by atoms with Gasteiger partial charge in [0, 0.05) is 12.0 Å². The minimum Gasteiger partial charge on any atom is -0.328 e. The second-order valence-corrected chi connectivity index (χ2v) is 4.95. The van der Waals surface area contributed by atoms with E-state index in [1.807, 2.05) is 0 Å². The van der Waals surface area contributed by atoms with Crippen LogP contribution in [0.2, 0.25) is 0 Å². The predicted molar refractivity (Wildman–Crippen MR) is 61.5 cm³/mol. The second-order valence-electron chi connectivity index (χ2n) is 4.95. The first kappa shape index (κ1) is 10.9. The molecule has 0 bridgehead atoms. The highest BCUT2D eigenvalue weighted by Gasteiger charge is 2.26. The van der Waals surface area contributed by atoms with Crippen LogP contribution in [0.4, 0.5) is 0 Å². The smallest absolute Gasteiger partial charge is 0.161 e. The van der Waals surface area contributed by atoms with Gasteiger partial charge in [0.15, 0.2) is 5.78 Å². The van der Waals surface area contributed by atoms with E-state index in [2.05, 4.69) is 6.08 Å². The highest BCUT2D eigenvalue weighted by atomic mass is 16.1. The van der Waals surface area contributed by atoms with Crippen LogP contribution >= 0.6 is 0 Å². The Kier molecular flexibility index (Phi) is 3.57. The zero-order chi connectivity index (χ0) is 10.7. The van der Waals surface area contributed by atoms with Crippen LogP contribution in [0.25, 0.3) is 0 Å². The van der Waals surface area contributed by atoms with E-state index in [1.54, 1.807) is 0 Å². The van der Waals surface area contributed by atoms with Gasteiger partial charge < -0.3 is 5.73 Å². The fraction of sp³-hybridized carbons (Fsp3) is 0.769. The molecule has 2 aliphatic carbocycles. The van der Waals surface area contributed by atoms with Gasteiger partial charge in [-0.05, 0) is 56.9 Å². The van der Waals surface area contributed by atoms with Crippen LogP contribution in [0, 0.1) is 5.92 Å². The average molecular weight is 207 g/mol. The number of allylic oxidation sites excluding steroid dienone is 2. The third-order valence-corrected chi connectivity index (χ3v) is 3.75. The van der Waals surface area contributed by atoms with E-state index < -0.39 is 0 Å². The molecule has 2 N–H and O–H groups in total. The summed E-state index contributed by atoms with van der Waals surface area (Å²) in [5.41, 5.74) is 6.96. The molecule has 0 aromatic heterocycles. The van der Waals surface area contributed by atoms with E-state index in [4.69, 9.17) is 5.73 Å². The summed E-state index contributed by atoms with van der Waals surface area (Å²) in [7, 11) is 0. The lowest BCUT2D eigenvalue weighted by Gasteiger charge is -2.26. The van der Waals surface area contributed by atoms with Crippen LogP contribution < -0.4 is 5.73 Å². The normalized spacial score (nSPS) is 32.2. The molecule has 0 amide bonds. The fourth-order valence-electron chi connectivity index (χ4n) is 2.71. The first-order chi connectivity index (χ1) is 7.27. The van der Waals surface area contributed by atoms with Crippen LogP contribution in [0.3, 0.4) is 0 Å². The second kappa shape index (κ2) is 4.93. The Labute approximate surface area is 91.9 Å². The zero-order valence-corrected chi connectivity index (χ0v) is 9.37. The molecule has 2 aliphatic rings. The van der Waals surface area contributed by atoms with Gasteiger partial charge in [0.2, 0.25) is 0 Å². The summed E-state index contributed by atoms with van der Waals surface area (Å²) in [5, 5.41) is 0. The number of hydrogen-bond donors (Lipinski definition) is 1. The van der Waals surface area contributed by atoms with Crippen molar-refractivity contribution in [3.05, 3.63) is 11.6 Å². The van der Waals surface area contributed by atoms with Crippen molar-refractivity contribution in [2.75, 3.05) is 0 Å². The summed E-state index contributed by atoms with van der Waals surface area (Å²) >= 11 is 0. The number of rotatable bonds is 2. The predicted octanol–water partition coefficient (Wildman–Crippen LogP) is 2.57. The van der Waals surface area contributed by atoms with Crippen molar-refractivity contribution in [1.82, 2.24) is 0 Å². The number of ketones is 1. The number of Topliss-reactive ketones (excluding diaryl/α,β-unsaturated/α-hetero) is 1. The van der Waals surface area contributed by atoms with Gasteiger partial charge in [-0.2, -0.15) is 0 Å². The van der Waals surface area contributed by atoms with Crippen molar-refractivity contribution in [2.45, 2.75) is 57.4 Å². The van der Waals surface area contributed by atoms with Crippen LogP contribution in [0.15, 0.2) is 11.6 Å². The molecule has 0 spiro atoms. The summed E-state index contributed by atoms with van der Waals surface area (Å²) in [6, 6.07) is 0.342. The van der Waals surface area contributed by atoms with E-state index >= 15 is 0 Å². The van der Waals surface area contributed by atoms with Gasteiger partial charge in [-0.25, -0.2) is 0 Å². The van der Waals surface area contributed by atoms with Crippen LogP contribution in [-0.4, -0.2) is 11.8 Å². The number of carbonyl (C=O) groups excluding carboxylic acids is 1. The lowest BCUT2D eigenvalue weighted by Crippen LogP contribution is -2.30. The molecule has 15 heavy (non-hydrogen) atoms. The minimum absolute atomic E-state index is 0.286. The zero-order valence-electron chi connectivity index (χ0n) is 9.37. The molecule has 0 radical (unpaired) electrons. The molecule has 0 aromatic rings. The monoisotopic (exact) mass is 207 g/mol. The molecule has 0 saturated heterocycles. The molecule has 2 rings (SSSR count). The molecule has 0 unspecified atom stereocenters. The number of hydrogen-bond acceptors (Lipinski definition) is 2. The van der Waals surface area contributed by atoms with Gasteiger partial charge in [0.05, 0.1) is 0 Å². The third-order valence-electron chi connectivity index (χ3n) is 3.75. The van der Waals surface area contributed by atoms with E-state index in [-0.39, 0.29) is 5.92 Å².